The smallest absolute Gasteiger partial charge is 0.341 e. The predicted molar refractivity (Wildman–Crippen MR) is 63.9 cm³/mol. The van der Waals surface area contributed by atoms with E-state index in [1.165, 1.54) is 13.2 Å². The zero-order valence-corrected chi connectivity index (χ0v) is 10.0. The number of terminal acetylenes is 1. The maximum absolute atomic E-state index is 11.5. The number of phenolic OH excluding ortho intramolecular Hbond substituents is 1. The number of esters is 1. The van der Waals surface area contributed by atoms with Crippen LogP contribution in [0.3, 0.4) is 0 Å². The Labute approximate surface area is 104 Å². The predicted octanol–water partition coefficient (Wildman–Crippen LogP) is 1.31. The molecule has 0 bridgehead atoms. The van der Waals surface area contributed by atoms with Crippen molar-refractivity contribution in [1.29, 1.82) is 0 Å². The highest BCUT2D eigenvalue weighted by molar-refractivity contribution is 5.99. The number of ether oxygens (including phenoxy) is 2. The molecular formula is C13H12O5. The van der Waals surface area contributed by atoms with E-state index >= 15 is 0 Å². The number of rotatable bonds is 4. The highest BCUT2D eigenvalue weighted by Gasteiger charge is 2.21. The van der Waals surface area contributed by atoms with Crippen molar-refractivity contribution in [2.24, 2.45) is 0 Å². The van der Waals surface area contributed by atoms with Gasteiger partial charge in [0.15, 0.2) is 6.29 Å². The molecule has 1 aromatic rings. The average molecular weight is 248 g/mol. The molecule has 1 aromatic carbocycles. The van der Waals surface area contributed by atoms with Crippen molar-refractivity contribution in [1.82, 2.24) is 0 Å². The van der Waals surface area contributed by atoms with E-state index in [4.69, 9.17) is 11.2 Å². The Bertz CT molecular complexity index is 525. The Morgan fingerprint density at radius 3 is 2.78 bits per heavy atom. The highest BCUT2D eigenvalue weighted by Crippen LogP contribution is 2.33. The third-order valence-corrected chi connectivity index (χ3v) is 2.32. The van der Waals surface area contributed by atoms with E-state index in [0.717, 1.165) is 0 Å². The quantitative estimate of drug-likeness (QED) is 0.494. The summed E-state index contributed by atoms with van der Waals surface area (Å²) in [5.41, 5.74) is 0.237. The van der Waals surface area contributed by atoms with E-state index in [1.807, 2.05) is 0 Å². The van der Waals surface area contributed by atoms with Crippen LogP contribution in [0.2, 0.25) is 0 Å². The Morgan fingerprint density at radius 1 is 1.61 bits per heavy atom. The second kappa shape index (κ2) is 5.73. The zero-order chi connectivity index (χ0) is 13.7. The molecule has 0 aromatic heterocycles. The van der Waals surface area contributed by atoms with E-state index in [1.54, 1.807) is 6.92 Å². The molecular weight excluding hydrogens is 236 g/mol. The summed E-state index contributed by atoms with van der Waals surface area (Å²) < 4.78 is 9.66. The van der Waals surface area contributed by atoms with Gasteiger partial charge in [0, 0.05) is 0 Å². The Morgan fingerprint density at radius 2 is 2.28 bits per heavy atom. The monoisotopic (exact) mass is 248 g/mol. The molecule has 0 atom stereocenters. The molecule has 5 nitrogen and oxygen atoms in total. The number of hydrogen-bond acceptors (Lipinski definition) is 5. The van der Waals surface area contributed by atoms with Gasteiger partial charge in [0.25, 0.3) is 0 Å². The van der Waals surface area contributed by atoms with Crippen LogP contribution in [0.25, 0.3) is 0 Å². The number of phenols is 1. The molecule has 0 unspecified atom stereocenters. The van der Waals surface area contributed by atoms with Crippen LogP contribution in [-0.4, -0.2) is 31.1 Å². The number of aryl methyl sites for hydroxylation is 1. The van der Waals surface area contributed by atoms with Crippen molar-refractivity contribution in [2.45, 2.75) is 6.92 Å². The van der Waals surface area contributed by atoms with Crippen LogP contribution in [0.1, 0.15) is 26.3 Å². The fourth-order valence-electron chi connectivity index (χ4n) is 1.50. The number of carbonyl (C=O) groups excluding carboxylic acids is 2. The molecule has 18 heavy (non-hydrogen) atoms. The summed E-state index contributed by atoms with van der Waals surface area (Å²) in [6, 6.07) is 1.45. The molecule has 0 aliphatic rings. The van der Waals surface area contributed by atoms with E-state index < -0.39 is 11.7 Å². The average Bonchev–Trinajstić information content (AvgIpc) is 2.35. The highest BCUT2D eigenvalue weighted by atomic mass is 16.5. The van der Waals surface area contributed by atoms with Crippen molar-refractivity contribution in [2.75, 3.05) is 13.7 Å². The van der Waals surface area contributed by atoms with Gasteiger partial charge in [-0.1, -0.05) is 5.92 Å². The van der Waals surface area contributed by atoms with Gasteiger partial charge < -0.3 is 14.6 Å². The summed E-state index contributed by atoms with van der Waals surface area (Å²) >= 11 is 0. The first kappa shape index (κ1) is 13.6. The van der Waals surface area contributed by atoms with Crippen molar-refractivity contribution in [3.8, 4) is 23.8 Å². The number of aldehydes is 1. The minimum atomic E-state index is -0.725. The Kier molecular flexibility index (Phi) is 4.33. The van der Waals surface area contributed by atoms with Gasteiger partial charge >= 0.3 is 5.97 Å². The number of aromatic hydroxyl groups is 1. The second-order valence-electron chi connectivity index (χ2n) is 3.43. The van der Waals surface area contributed by atoms with E-state index in [2.05, 4.69) is 10.7 Å². The number of hydrogen-bond donors (Lipinski definition) is 1. The number of carbonyl (C=O) groups is 2. The fourth-order valence-corrected chi connectivity index (χ4v) is 1.50. The summed E-state index contributed by atoms with van der Waals surface area (Å²) in [7, 11) is 1.19. The molecule has 0 saturated heterocycles. The molecule has 94 valence electrons. The number of methoxy groups -OCH3 is 1. The van der Waals surface area contributed by atoms with Gasteiger partial charge in [0.2, 0.25) is 0 Å². The van der Waals surface area contributed by atoms with Crippen LogP contribution < -0.4 is 4.74 Å². The minimum Gasteiger partial charge on any atom is -0.506 e. The molecule has 1 rings (SSSR count). The van der Waals surface area contributed by atoms with Crippen molar-refractivity contribution in [3.63, 3.8) is 0 Å². The topological polar surface area (TPSA) is 72.8 Å². The standard InChI is InChI=1S/C13H12O5/c1-4-5-18-10-6-8(2)11(13(16)17-3)12(15)9(10)7-14/h1,6-7,15H,5H2,2-3H3. The summed E-state index contributed by atoms with van der Waals surface area (Å²) in [5.74, 6) is 1.18. The molecule has 0 heterocycles. The van der Waals surface area contributed by atoms with Crippen molar-refractivity contribution >= 4 is 12.3 Å². The molecule has 0 aliphatic heterocycles. The van der Waals surface area contributed by atoms with Gasteiger partial charge in [-0.25, -0.2) is 4.79 Å². The van der Waals surface area contributed by atoms with Crippen LogP contribution in [-0.2, 0) is 4.74 Å². The maximum atomic E-state index is 11.5. The lowest BCUT2D eigenvalue weighted by molar-refractivity contribution is 0.0596. The second-order valence-corrected chi connectivity index (χ2v) is 3.43. The summed E-state index contributed by atoms with van der Waals surface area (Å²) in [6.45, 7) is 1.54. The van der Waals surface area contributed by atoms with Gasteiger partial charge in [-0.05, 0) is 18.6 Å². The van der Waals surface area contributed by atoms with Gasteiger partial charge in [0.05, 0.1) is 12.7 Å². The van der Waals surface area contributed by atoms with Crippen LogP contribution in [0, 0.1) is 19.3 Å². The molecule has 0 radical (unpaired) electrons. The third-order valence-electron chi connectivity index (χ3n) is 2.32. The van der Waals surface area contributed by atoms with Gasteiger partial charge in [0.1, 0.15) is 23.7 Å². The van der Waals surface area contributed by atoms with Crippen LogP contribution >= 0.6 is 0 Å². The number of benzene rings is 1. The SMILES string of the molecule is C#CCOc1cc(C)c(C(=O)OC)c(O)c1C=O. The summed E-state index contributed by atoms with van der Waals surface area (Å²) in [5, 5.41) is 9.89. The van der Waals surface area contributed by atoms with E-state index in [0.29, 0.717) is 11.8 Å². The molecule has 0 amide bonds. The first-order valence-corrected chi connectivity index (χ1v) is 5.03. The molecule has 5 heteroatoms. The zero-order valence-electron chi connectivity index (χ0n) is 10.0. The summed E-state index contributed by atoms with van der Waals surface area (Å²) in [6.07, 6.45) is 5.44. The first-order chi connectivity index (χ1) is 8.56. The van der Waals surface area contributed by atoms with E-state index in [-0.39, 0.29) is 23.5 Å². The lowest BCUT2D eigenvalue weighted by atomic mass is 10.0. The van der Waals surface area contributed by atoms with Gasteiger partial charge in [-0.3, -0.25) is 4.79 Å². The fraction of sp³-hybridized carbons (Fsp3) is 0.231. The summed E-state index contributed by atoms with van der Waals surface area (Å²) in [4.78, 5) is 22.4. The molecule has 1 N–H and O–H groups in total. The van der Waals surface area contributed by atoms with Crippen LogP contribution in [0.5, 0.6) is 11.5 Å². The van der Waals surface area contributed by atoms with E-state index in [9.17, 15) is 14.7 Å². The molecule has 0 aliphatic carbocycles. The minimum absolute atomic E-state index is 0.0444. The maximum Gasteiger partial charge on any atom is 0.341 e. The lowest BCUT2D eigenvalue weighted by Crippen LogP contribution is -2.08. The van der Waals surface area contributed by atoms with Crippen molar-refractivity contribution in [3.05, 3.63) is 22.8 Å². The normalized spacial score (nSPS) is 9.39. The van der Waals surface area contributed by atoms with Crippen LogP contribution in [0.4, 0.5) is 0 Å². The van der Waals surface area contributed by atoms with Gasteiger partial charge in [-0.2, -0.15) is 0 Å². The lowest BCUT2D eigenvalue weighted by Gasteiger charge is -2.12. The molecule has 0 saturated carbocycles. The van der Waals surface area contributed by atoms with Gasteiger partial charge in [-0.15, -0.1) is 6.42 Å². The first-order valence-electron chi connectivity index (χ1n) is 5.03. The molecule has 0 spiro atoms. The van der Waals surface area contributed by atoms with Crippen LogP contribution in [0.15, 0.2) is 6.07 Å². The Balaban J connectivity index is 3.40. The largest absolute Gasteiger partial charge is 0.506 e. The molecule has 0 fully saturated rings. The third kappa shape index (κ3) is 2.43. The van der Waals surface area contributed by atoms with Crippen molar-refractivity contribution < 1.29 is 24.2 Å². The Hall–Kier alpha value is -2.48.